The van der Waals surface area contributed by atoms with Gasteiger partial charge in [-0.05, 0) is 24.3 Å². The summed E-state index contributed by atoms with van der Waals surface area (Å²) in [5.74, 6) is -0.0883. The second-order valence-electron chi connectivity index (χ2n) is 4.09. The van der Waals surface area contributed by atoms with Gasteiger partial charge < -0.3 is 9.92 Å². The van der Waals surface area contributed by atoms with Crippen molar-refractivity contribution in [2.24, 2.45) is 0 Å². The fourth-order valence-electron chi connectivity index (χ4n) is 1.50. The number of non-ortho nitro benzene ring substituents is 1. The Morgan fingerprint density at radius 3 is 2.05 bits per heavy atom. The largest absolute Gasteiger partial charge is 0.396 e. The second kappa shape index (κ2) is 5.99. The molecule has 2 N–H and O–H groups in total. The van der Waals surface area contributed by atoms with Gasteiger partial charge in [0, 0.05) is 12.1 Å². The van der Waals surface area contributed by atoms with Crippen molar-refractivity contribution in [2.75, 3.05) is 5.73 Å². The fraction of sp³-hybridized carbons (Fsp3) is 0. The molecule has 0 aliphatic heterocycles. The van der Waals surface area contributed by atoms with Crippen LogP contribution in [0, 0.1) is 10.1 Å². The van der Waals surface area contributed by atoms with Crippen LogP contribution in [-0.4, -0.2) is 13.3 Å². The predicted molar refractivity (Wildman–Crippen MR) is 81.8 cm³/mol. The number of hydrogen-bond acceptors (Lipinski definition) is 6. The Morgan fingerprint density at radius 2 is 1.59 bits per heavy atom. The minimum absolute atomic E-state index is 0.0293. The van der Waals surface area contributed by atoms with Gasteiger partial charge in [-0.2, -0.15) is 8.42 Å². The average Bonchev–Trinajstić information content (AvgIpc) is 2.44. The van der Waals surface area contributed by atoms with Crippen LogP contribution in [0.25, 0.3) is 0 Å². The zero-order valence-electron chi connectivity index (χ0n) is 10.7. The van der Waals surface area contributed by atoms with Crippen molar-refractivity contribution in [3.8, 4) is 5.75 Å². The van der Waals surface area contributed by atoms with E-state index >= 15 is 0 Å². The molecule has 0 radical (unpaired) electrons. The Morgan fingerprint density at radius 1 is 1.09 bits per heavy atom. The number of anilines is 1. The molecule has 0 heterocycles. The topological polar surface area (TPSA) is 113 Å². The summed E-state index contributed by atoms with van der Waals surface area (Å²) in [4.78, 5) is 9.64. The molecule has 0 unspecified atom stereocenters. The zero-order chi connectivity index (χ0) is 16.5. The first kappa shape index (κ1) is 16.3. The van der Waals surface area contributed by atoms with E-state index in [0.717, 1.165) is 36.4 Å². The first-order valence-corrected chi connectivity index (χ1v) is 7.80. The minimum atomic E-state index is -4.20. The van der Waals surface area contributed by atoms with Crippen molar-refractivity contribution >= 4 is 44.7 Å². The van der Waals surface area contributed by atoms with Crippen molar-refractivity contribution in [1.29, 1.82) is 0 Å². The number of nitro benzene ring substituents is 1. The molecule has 7 nitrogen and oxygen atoms in total. The molecule has 0 amide bonds. The highest BCUT2D eigenvalue weighted by atomic mass is 35.5. The van der Waals surface area contributed by atoms with Gasteiger partial charge in [0.05, 0.1) is 20.7 Å². The number of nitro groups is 1. The summed E-state index contributed by atoms with van der Waals surface area (Å²) in [5.41, 5.74) is 5.39. The van der Waals surface area contributed by atoms with Crippen LogP contribution >= 0.6 is 23.2 Å². The molecule has 2 rings (SSSR count). The molecule has 0 bridgehead atoms. The summed E-state index contributed by atoms with van der Waals surface area (Å²) < 4.78 is 29.1. The number of rotatable bonds is 4. The van der Waals surface area contributed by atoms with Crippen LogP contribution in [0.4, 0.5) is 11.4 Å². The molecule has 0 spiro atoms. The molecule has 116 valence electrons. The lowest BCUT2D eigenvalue weighted by molar-refractivity contribution is -0.384. The third-order valence-electron chi connectivity index (χ3n) is 2.59. The number of halogens is 2. The fourth-order valence-corrected chi connectivity index (χ4v) is 3.11. The highest BCUT2D eigenvalue weighted by Crippen LogP contribution is 2.32. The first-order chi connectivity index (χ1) is 10.2. The van der Waals surface area contributed by atoms with E-state index in [0.29, 0.717) is 0 Å². The van der Waals surface area contributed by atoms with Gasteiger partial charge in [-0.25, -0.2) is 0 Å². The summed E-state index contributed by atoms with van der Waals surface area (Å²) in [6, 6.07) is 6.76. The highest BCUT2D eigenvalue weighted by molar-refractivity contribution is 7.87. The monoisotopic (exact) mass is 362 g/mol. The van der Waals surface area contributed by atoms with Crippen molar-refractivity contribution < 1.29 is 17.5 Å². The van der Waals surface area contributed by atoms with Crippen molar-refractivity contribution in [3.63, 3.8) is 0 Å². The number of nitrogens with zero attached hydrogens (tertiary/aromatic N) is 1. The molecule has 10 heteroatoms. The lowest BCUT2D eigenvalue weighted by Gasteiger charge is -2.09. The molecule has 2 aromatic carbocycles. The van der Waals surface area contributed by atoms with E-state index in [9.17, 15) is 18.5 Å². The molecule has 0 aliphatic carbocycles. The summed E-state index contributed by atoms with van der Waals surface area (Å²) in [6.07, 6.45) is 0. The molecular weight excluding hydrogens is 355 g/mol. The van der Waals surface area contributed by atoms with Crippen molar-refractivity contribution in [3.05, 3.63) is 56.6 Å². The van der Waals surface area contributed by atoms with Crippen LogP contribution in [0.5, 0.6) is 5.75 Å². The van der Waals surface area contributed by atoms with Crippen LogP contribution in [0.2, 0.25) is 10.0 Å². The molecule has 22 heavy (non-hydrogen) atoms. The third-order valence-corrected chi connectivity index (χ3v) is 4.45. The SMILES string of the molecule is Nc1c(Cl)cc(S(=O)(=O)Oc2ccc([N+](=O)[O-])cc2)cc1Cl. The number of nitrogens with two attached hydrogens (primary N) is 1. The van der Waals surface area contributed by atoms with Gasteiger partial charge in [-0.1, -0.05) is 23.2 Å². The van der Waals surface area contributed by atoms with Crippen molar-refractivity contribution in [1.82, 2.24) is 0 Å². The van der Waals surface area contributed by atoms with Gasteiger partial charge in [-0.15, -0.1) is 0 Å². The zero-order valence-corrected chi connectivity index (χ0v) is 13.0. The predicted octanol–water partition coefficient (Wildman–Crippen LogP) is 3.25. The molecule has 0 fully saturated rings. The van der Waals surface area contributed by atoms with Gasteiger partial charge in [0.15, 0.2) is 0 Å². The smallest absolute Gasteiger partial charge is 0.339 e. The van der Waals surface area contributed by atoms with E-state index in [4.69, 9.17) is 33.1 Å². The van der Waals surface area contributed by atoms with Crippen LogP contribution in [0.3, 0.4) is 0 Å². The van der Waals surface area contributed by atoms with Crippen LogP contribution < -0.4 is 9.92 Å². The minimum Gasteiger partial charge on any atom is -0.396 e. The summed E-state index contributed by atoms with van der Waals surface area (Å²) in [7, 11) is -4.20. The van der Waals surface area contributed by atoms with Gasteiger partial charge in [-0.3, -0.25) is 10.1 Å². The molecular formula is C12H8Cl2N2O5S. The highest BCUT2D eigenvalue weighted by Gasteiger charge is 2.20. The molecule has 0 atom stereocenters. The molecule has 2 aromatic rings. The quantitative estimate of drug-likeness (QED) is 0.386. The Kier molecular flexibility index (Phi) is 4.45. The second-order valence-corrected chi connectivity index (χ2v) is 6.45. The van der Waals surface area contributed by atoms with Crippen LogP contribution in [-0.2, 0) is 10.1 Å². The Bertz CT molecular complexity index is 814. The maximum atomic E-state index is 12.1. The van der Waals surface area contributed by atoms with E-state index in [-0.39, 0.29) is 32.1 Å². The molecule has 0 saturated carbocycles. The molecule has 0 aromatic heterocycles. The summed E-state index contributed by atoms with van der Waals surface area (Å²) in [6.45, 7) is 0. The number of hydrogen-bond donors (Lipinski definition) is 1. The van der Waals surface area contributed by atoms with Crippen LogP contribution in [0.1, 0.15) is 0 Å². The third kappa shape index (κ3) is 3.41. The Labute approximate surface area is 135 Å². The van der Waals surface area contributed by atoms with Gasteiger partial charge in [0.2, 0.25) is 0 Å². The normalized spacial score (nSPS) is 11.2. The van der Waals surface area contributed by atoms with Gasteiger partial charge >= 0.3 is 10.1 Å². The van der Waals surface area contributed by atoms with E-state index in [2.05, 4.69) is 0 Å². The van der Waals surface area contributed by atoms with Crippen molar-refractivity contribution in [2.45, 2.75) is 4.90 Å². The van der Waals surface area contributed by atoms with E-state index < -0.39 is 15.0 Å². The van der Waals surface area contributed by atoms with E-state index in [1.54, 1.807) is 0 Å². The standard InChI is InChI=1S/C12H8Cl2N2O5S/c13-10-5-9(6-11(14)12(10)15)22(19,20)21-8-3-1-7(2-4-8)16(17)18/h1-6H,15H2. The van der Waals surface area contributed by atoms with Crippen LogP contribution in [0.15, 0.2) is 41.3 Å². The summed E-state index contributed by atoms with van der Waals surface area (Å²) in [5, 5.41) is 10.5. The maximum Gasteiger partial charge on any atom is 0.339 e. The molecule has 0 saturated heterocycles. The average molecular weight is 363 g/mol. The Balaban J connectivity index is 2.33. The first-order valence-electron chi connectivity index (χ1n) is 5.64. The lowest BCUT2D eigenvalue weighted by atomic mass is 10.3. The molecule has 0 aliphatic rings. The lowest BCUT2D eigenvalue weighted by Crippen LogP contribution is -2.10. The summed E-state index contributed by atoms with van der Waals surface area (Å²) >= 11 is 11.6. The van der Waals surface area contributed by atoms with E-state index in [1.165, 1.54) is 0 Å². The maximum absolute atomic E-state index is 12.1. The van der Waals surface area contributed by atoms with Gasteiger partial charge in [0.25, 0.3) is 5.69 Å². The number of benzene rings is 2. The van der Waals surface area contributed by atoms with Gasteiger partial charge in [0.1, 0.15) is 10.6 Å². The Hall–Kier alpha value is -2.03. The number of nitrogen functional groups attached to an aromatic ring is 1. The van der Waals surface area contributed by atoms with E-state index in [1.807, 2.05) is 0 Å².